The van der Waals surface area contributed by atoms with E-state index in [1.165, 1.54) is 24.3 Å². The Kier molecular flexibility index (Phi) is 4.06. The molecule has 0 heterocycles. The summed E-state index contributed by atoms with van der Waals surface area (Å²) in [6.45, 7) is 0. The van der Waals surface area contributed by atoms with E-state index in [-0.39, 0.29) is 11.8 Å². The van der Waals surface area contributed by atoms with Crippen molar-refractivity contribution in [2.75, 3.05) is 5.32 Å². The number of rotatable bonds is 2. The molecule has 0 atom stereocenters. The molecule has 1 aliphatic carbocycles. The van der Waals surface area contributed by atoms with Gasteiger partial charge in [-0.25, -0.2) is 9.18 Å². The highest BCUT2D eigenvalue weighted by molar-refractivity contribution is 5.90. The molecule has 2 N–H and O–H groups in total. The highest BCUT2D eigenvalue weighted by Gasteiger charge is 2.31. The smallest absolute Gasteiger partial charge is 0.320 e. The number of urea groups is 1. The molecule has 19 heavy (non-hydrogen) atoms. The molecule has 100 valence electrons. The second-order valence-corrected chi connectivity index (χ2v) is 4.87. The fraction of sp³-hybridized carbons (Fsp3) is 0.400. The van der Waals surface area contributed by atoms with Gasteiger partial charge in [-0.2, -0.15) is 0 Å². The van der Waals surface area contributed by atoms with Crippen molar-refractivity contribution < 1.29 is 9.18 Å². The largest absolute Gasteiger partial charge is 0.322 e. The van der Waals surface area contributed by atoms with Gasteiger partial charge >= 0.3 is 6.03 Å². The minimum absolute atomic E-state index is 0.335. The van der Waals surface area contributed by atoms with Gasteiger partial charge in [0.25, 0.3) is 0 Å². The monoisotopic (exact) mass is 260 g/mol. The molecule has 0 unspecified atom stereocenters. The second-order valence-electron chi connectivity index (χ2n) is 4.87. The number of nitrogens with one attached hydrogen (secondary N) is 2. The van der Waals surface area contributed by atoms with E-state index in [9.17, 15) is 9.18 Å². The predicted octanol–water partition coefficient (Wildman–Crippen LogP) is 3.28. The van der Waals surface area contributed by atoms with Crippen LogP contribution in [0.4, 0.5) is 14.9 Å². The lowest BCUT2D eigenvalue weighted by atomic mass is 9.82. The number of benzene rings is 1. The van der Waals surface area contributed by atoms with Crippen LogP contribution >= 0.6 is 0 Å². The van der Waals surface area contributed by atoms with Gasteiger partial charge < -0.3 is 10.6 Å². The molecule has 4 heteroatoms. The summed E-state index contributed by atoms with van der Waals surface area (Å²) in [6.07, 6.45) is 10.4. The highest BCUT2D eigenvalue weighted by atomic mass is 19.1. The van der Waals surface area contributed by atoms with E-state index in [1.807, 2.05) is 0 Å². The van der Waals surface area contributed by atoms with Crippen molar-refractivity contribution in [1.29, 1.82) is 0 Å². The molecule has 0 aromatic heterocycles. The van der Waals surface area contributed by atoms with Gasteiger partial charge in [-0.1, -0.05) is 25.2 Å². The van der Waals surface area contributed by atoms with Crippen LogP contribution in [0.3, 0.4) is 0 Å². The summed E-state index contributed by atoms with van der Waals surface area (Å²) < 4.78 is 12.8. The van der Waals surface area contributed by atoms with Crippen molar-refractivity contribution in [2.45, 2.75) is 37.6 Å². The molecule has 0 saturated heterocycles. The average molecular weight is 260 g/mol. The number of anilines is 1. The number of carbonyl (C=O) groups excluding carboxylic acids is 1. The normalized spacial score (nSPS) is 17.3. The van der Waals surface area contributed by atoms with Crippen molar-refractivity contribution in [2.24, 2.45) is 0 Å². The van der Waals surface area contributed by atoms with Gasteiger partial charge in [-0.05, 0) is 37.1 Å². The zero-order valence-corrected chi connectivity index (χ0v) is 10.7. The van der Waals surface area contributed by atoms with Gasteiger partial charge in [0.15, 0.2) is 0 Å². The van der Waals surface area contributed by atoms with E-state index >= 15 is 0 Å². The topological polar surface area (TPSA) is 41.1 Å². The Labute approximate surface area is 112 Å². The first-order chi connectivity index (χ1) is 9.13. The minimum Gasteiger partial charge on any atom is -0.322 e. The van der Waals surface area contributed by atoms with Gasteiger partial charge in [0.2, 0.25) is 0 Å². The van der Waals surface area contributed by atoms with Crippen molar-refractivity contribution in [3.8, 4) is 12.3 Å². The Morgan fingerprint density at radius 2 is 1.84 bits per heavy atom. The third-order valence-corrected chi connectivity index (χ3v) is 3.44. The molecule has 2 rings (SSSR count). The van der Waals surface area contributed by atoms with Crippen molar-refractivity contribution >= 4 is 11.7 Å². The Morgan fingerprint density at radius 1 is 1.21 bits per heavy atom. The van der Waals surface area contributed by atoms with Crippen LogP contribution in [-0.4, -0.2) is 11.6 Å². The third-order valence-electron chi connectivity index (χ3n) is 3.44. The van der Waals surface area contributed by atoms with Crippen molar-refractivity contribution in [3.05, 3.63) is 30.1 Å². The molecule has 3 nitrogen and oxygen atoms in total. The molecule has 2 amide bonds. The number of carbonyl (C=O) groups is 1. The first kappa shape index (κ1) is 13.4. The zero-order valence-electron chi connectivity index (χ0n) is 10.7. The summed E-state index contributed by atoms with van der Waals surface area (Å²) >= 11 is 0. The van der Waals surface area contributed by atoms with Crippen LogP contribution < -0.4 is 10.6 Å². The number of amides is 2. The number of hydrogen-bond acceptors (Lipinski definition) is 1. The first-order valence-corrected chi connectivity index (χ1v) is 6.46. The summed E-state index contributed by atoms with van der Waals surface area (Å²) in [5, 5.41) is 5.53. The fourth-order valence-electron chi connectivity index (χ4n) is 2.37. The van der Waals surface area contributed by atoms with Crippen LogP contribution in [0, 0.1) is 18.2 Å². The summed E-state index contributed by atoms with van der Waals surface area (Å²) in [7, 11) is 0. The molecule has 1 aromatic carbocycles. The van der Waals surface area contributed by atoms with Crippen LogP contribution in [-0.2, 0) is 0 Å². The van der Waals surface area contributed by atoms with Gasteiger partial charge in [-0.3, -0.25) is 0 Å². The molecule has 0 radical (unpaired) electrons. The van der Waals surface area contributed by atoms with E-state index in [0.29, 0.717) is 5.69 Å². The lowest BCUT2D eigenvalue weighted by molar-refractivity contribution is 0.234. The maximum atomic E-state index is 12.8. The van der Waals surface area contributed by atoms with Gasteiger partial charge in [0.05, 0.1) is 0 Å². The van der Waals surface area contributed by atoms with Crippen LogP contribution in [0.1, 0.15) is 32.1 Å². The van der Waals surface area contributed by atoms with Crippen LogP contribution in [0.5, 0.6) is 0 Å². The SMILES string of the molecule is C#CC1(NC(=O)Nc2ccc(F)cc2)CCCCC1. The standard InChI is InChI=1S/C15H17FN2O/c1-2-15(10-4-3-5-11-15)18-14(19)17-13-8-6-12(16)7-9-13/h1,6-9H,3-5,10-11H2,(H2,17,18,19). The molecule has 1 saturated carbocycles. The van der Waals surface area contributed by atoms with Crippen LogP contribution in [0.2, 0.25) is 0 Å². The molecule has 0 bridgehead atoms. The molecule has 1 fully saturated rings. The molecule has 0 spiro atoms. The van der Waals surface area contributed by atoms with Crippen LogP contribution in [0.25, 0.3) is 0 Å². The molecule has 1 aliphatic rings. The van der Waals surface area contributed by atoms with E-state index in [4.69, 9.17) is 6.42 Å². The Morgan fingerprint density at radius 3 is 2.42 bits per heavy atom. The maximum absolute atomic E-state index is 12.8. The van der Waals surface area contributed by atoms with E-state index in [2.05, 4.69) is 16.6 Å². The summed E-state index contributed by atoms with van der Waals surface area (Å²) in [4.78, 5) is 11.9. The maximum Gasteiger partial charge on any atom is 0.320 e. The molecule has 1 aromatic rings. The van der Waals surface area contributed by atoms with Gasteiger partial charge in [0.1, 0.15) is 11.4 Å². The third kappa shape index (κ3) is 3.47. The lowest BCUT2D eigenvalue weighted by Crippen LogP contribution is -2.50. The Balaban J connectivity index is 1.96. The Hall–Kier alpha value is -2.02. The first-order valence-electron chi connectivity index (χ1n) is 6.46. The fourth-order valence-corrected chi connectivity index (χ4v) is 2.37. The van der Waals surface area contributed by atoms with E-state index in [0.717, 1.165) is 32.1 Å². The van der Waals surface area contributed by atoms with Crippen molar-refractivity contribution in [3.63, 3.8) is 0 Å². The Bertz CT molecular complexity index is 484. The minimum atomic E-state index is -0.539. The van der Waals surface area contributed by atoms with Crippen LogP contribution in [0.15, 0.2) is 24.3 Å². The predicted molar refractivity (Wildman–Crippen MR) is 73.2 cm³/mol. The van der Waals surface area contributed by atoms with Gasteiger partial charge in [0, 0.05) is 5.69 Å². The number of terminal acetylenes is 1. The number of halogens is 1. The molecule has 0 aliphatic heterocycles. The second kappa shape index (κ2) is 5.75. The average Bonchev–Trinajstić information content (AvgIpc) is 2.42. The highest BCUT2D eigenvalue weighted by Crippen LogP contribution is 2.27. The van der Waals surface area contributed by atoms with Gasteiger partial charge in [-0.15, -0.1) is 6.42 Å². The molecular weight excluding hydrogens is 243 g/mol. The number of hydrogen-bond donors (Lipinski definition) is 2. The van der Waals surface area contributed by atoms with E-state index in [1.54, 1.807) is 0 Å². The quantitative estimate of drug-likeness (QED) is 0.787. The summed E-state index contributed by atoms with van der Waals surface area (Å²) in [6, 6.07) is 5.28. The summed E-state index contributed by atoms with van der Waals surface area (Å²) in [5.74, 6) is 2.38. The molecular formula is C15H17FN2O. The zero-order chi connectivity index (χ0) is 13.7. The van der Waals surface area contributed by atoms with Crippen molar-refractivity contribution in [1.82, 2.24) is 5.32 Å². The summed E-state index contributed by atoms with van der Waals surface area (Å²) in [5.41, 5.74) is 0.00409. The van der Waals surface area contributed by atoms with E-state index < -0.39 is 5.54 Å². The lowest BCUT2D eigenvalue weighted by Gasteiger charge is -2.33.